The van der Waals surface area contributed by atoms with Gasteiger partial charge in [-0.15, -0.1) is 0 Å². The van der Waals surface area contributed by atoms with E-state index in [-0.39, 0.29) is 11.7 Å². The number of aryl methyl sites for hydroxylation is 1. The van der Waals surface area contributed by atoms with E-state index in [1.54, 1.807) is 6.92 Å². The van der Waals surface area contributed by atoms with Crippen molar-refractivity contribution >= 4 is 5.78 Å². The van der Waals surface area contributed by atoms with Crippen LogP contribution in [0, 0.1) is 5.92 Å². The molecule has 1 aromatic carbocycles. The van der Waals surface area contributed by atoms with Crippen molar-refractivity contribution in [2.75, 3.05) is 6.61 Å². The molecule has 1 unspecified atom stereocenters. The smallest absolute Gasteiger partial charge is 0.132 e. The minimum absolute atomic E-state index is 0.113. The summed E-state index contributed by atoms with van der Waals surface area (Å²) in [6.07, 6.45) is 3.03. The van der Waals surface area contributed by atoms with Crippen LogP contribution in [0.15, 0.2) is 18.2 Å². The monoisotopic (exact) mass is 218 g/mol. The minimum atomic E-state index is 0.113. The van der Waals surface area contributed by atoms with Crippen molar-refractivity contribution in [1.82, 2.24) is 0 Å². The number of Topliss-reactive ketones (excluding diaryl/α,β-unsaturated/α-hetero) is 1. The molecule has 1 aliphatic rings. The van der Waals surface area contributed by atoms with Gasteiger partial charge in [-0.05, 0) is 43.4 Å². The first-order valence-electron chi connectivity index (χ1n) is 5.92. The summed E-state index contributed by atoms with van der Waals surface area (Å²) in [5.41, 5.74) is 2.53. The normalized spacial score (nSPS) is 16.1. The molecule has 1 atom stereocenters. The number of hydrogen-bond donors (Lipinski definition) is 0. The number of ether oxygens (including phenoxy) is 1. The molecule has 2 nitrogen and oxygen atoms in total. The molecule has 16 heavy (non-hydrogen) atoms. The first kappa shape index (κ1) is 11.2. The zero-order valence-corrected chi connectivity index (χ0v) is 9.95. The van der Waals surface area contributed by atoms with Crippen LogP contribution in [0.2, 0.25) is 0 Å². The van der Waals surface area contributed by atoms with Crippen molar-refractivity contribution in [2.24, 2.45) is 5.92 Å². The van der Waals surface area contributed by atoms with E-state index < -0.39 is 0 Å². The summed E-state index contributed by atoms with van der Waals surface area (Å²) in [5, 5.41) is 0. The molecule has 2 heteroatoms. The predicted molar refractivity (Wildman–Crippen MR) is 63.8 cm³/mol. The van der Waals surface area contributed by atoms with Crippen molar-refractivity contribution in [3.63, 3.8) is 0 Å². The third-order valence-corrected chi connectivity index (χ3v) is 3.21. The van der Waals surface area contributed by atoms with Crippen molar-refractivity contribution in [2.45, 2.75) is 33.1 Å². The Hall–Kier alpha value is -1.31. The lowest BCUT2D eigenvalue weighted by molar-refractivity contribution is -0.120. The fraction of sp³-hybridized carbons (Fsp3) is 0.500. The molecule has 1 aliphatic heterocycles. The van der Waals surface area contributed by atoms with Crippen molar-refractivity contribution < 1.29 is 9.53 Å². The van der Waals surface area contributed by atoms with Gasteiger partial charge in [0.2, 0.25) is 0 Å². The third kappa shape index (κ3) is 2.43. The molecule has 0 N–H and O–H groups in total. The minimum Gasteiger partial charge on any atom is -0.493 e. The SMILES string of the molecule is CC(=O)C(C)Cc1ccc2c(c1)CCCO2. The second-order valence-electron chi connectivity index (χ2n) is 4.61. The first-order chi connectivity index (χ1) is 7.66. The number of carbonyl (C=O) groups is 1. The molecule has 1 heterocycles. The molecule has 0 saturated heterocycles. The van der Waals surface area contributed by atoms with Crippen molar-refractivity contribution in [3.8, 4) is 5.75 Å². The summed E-state index contributed by atoms with van der Waals surface area (Å²) >= 11 is 0. The lowest BCUT2D eigenvalue weighted by Crippen LogP contribution is -2.11. The second kappa shape index (κ2) is 4.69. The molecule has 0 radical (unpaired) electrons. The Morgan fingerprint density at radius 2 is 2.31 bits per heavy atom. The summed E-state index contributed by atoms with van der Waals surface area (Å²) in [7, 11) is 0. The quantitative estimate of drug-likeness (QED) is 0.779. The average Bonchev–Trinajstić information content (AvgIpc) is 2.28. The summed E-state index contributed by atoms with van der Waals surface area (Å²) in [5.74, 6) is 1.39. The first-order valence-corrected chi connectivity index (χ1v) is 5.92. The Labute approximate surface area is 96.6 Å². The lowest BCUT2D eigenvalue weighted by Gasteiger charge is -2.18. The largest absolute Gasteiger partial charge is 0.493 e. The highest BCUT2D eigenvalue weighted by atomic mass is 16.5. The third-order valence-electron chi connectivity index (χ3n) is 3.21. The van der Waals surface area contributed by atoms with Crippen LogP contribution in [-0.2, 0) is 17.6 Å². The van der Waals surface area contributed by atoms with Crippen LogP contribution in [0.25, 0.3) is 0 Å². The van der Waals surface area contributed by atoms with Crippen LogP contribution in [0.3, 0.4) is 0 Å². The van der Waals surface area contributed by atoms with Gasteiger partial charge >= 0.3 is 0 Å². The maximum atomic E-state index is 11.2. The van der Waals surface area contributed by atoms with Gasteiger partial charge in [-0.25, -0.2) is 0 Å². The Bertz CT molecular complexity index is 396. The molecule has 0 spiro atoms. The number of benzene rings is 1. The van der Waals surface area contributed by atoms with E-state index in [1.165, 1.54) is 11.1 Å². The van der Waals surface area contributed by atoms with Gasteiger partial charge in [-0.2, -0.15) is 0 Å². The predicted octanol–water partition coefficient (Wildman–Crippen LogP) is 2.78. The molecule has 0 aromatic heterocycles. The van der Waals surface area contributed by atoms with Gasteiger partial charge in [-0.1, -0.05) is 19.1 Å². The van der Waals surface area contributed by atoms with Gasteiger partial charge in [-0.3, -0.25) is 4.79 Å². The van der Waals surface area contributed by atoms with E-state index in [9.17, 15) is 4.79 Å². The van der Waals surface area contributed by atoms with Crippen LogP contribution in [0.5, 0.6) is 5.75 Å². The molecule has 1 aromatic rings. The highest BCUT2D eigenvalue weighted by Gasteiger charge is 2.13. The van der Waals surface area contributed by atoms with Crippen LogP contribution < -0.4 is 4.74 Å². The second-order valence-corrected chi connectivity index (χ2v) is 4.61. The van der Waals surface area contributed by atoms with Gasteiger partial charge < -0.3 is 4.74 Å². The Morgan fingerprint density at radius 3 is 3.06 bits per heavy atom. The Kier molecular flexibility index (Phi) is 3.28. The van der Waals surface area contributed by atoms with E-state index in [0.717, 1.165) is 31.6 Å². The number of carbonyl (C=O) groups excluding carboxylic acids is 1. The molecular formula is C14H18O2. The molecule has 0 fully saturated rings. The van der Waals surface area contributed by atoms with Crippen LogP contribution >= 0.6 is 0 Å². The molecule has 86 valence electrons. The summed E-state index contributed by atoms with van der Waals surface area (Å²) in [4.78, 5) is 11.2. The van der Waals surface area contributed by atoms with Crippen LogP contribution in [0.1, 0.15) is 31.4 Å². The summed E-state index contributed by atoms with van der Waals surface area (Å²) < 4.78 is 5.56. The summed E-state index contributed by atoms with van der Waals surface area (Å²) in [6, 6.07) is 6.30. The van der Waals surface area contributed by atoms with Gasteiger partial charge in [0, 0.05) is 5.92 Å². The van der Waals surface area contributed by atoms with E-state index >= 15 is 0 Å². The van der Waals surface area contributed by atoms with Gasteiger partial charge in [0.1, 0.15) is 11.5 Å². The number of ketones is 1. The van der Waals surface area contributed by atoms with Crippen LogP contribution in [-0.4, -0.2) is 12.4 Å². The van der Waals surface area contributed by atoms with Gasteiger partial charge in [0.25, 0.3) is 0 Å². The summed E-state index contributed by atoms with van der Waals surface area (Å²) in [6.45, 7) is 4.47. The van der Waals surface area contributed by atoms with E-state index in [1.807, 2.05) is 13.0 Å². The maximum absolute atomic E-state index is 11.2. The molecule has 0 saturated carbocycles. The topological polar surface area (TPSA) is 26.3 Å². The van der Waals surface area contributed by atoms with Crippen LogP contribution in [0.4, 0.5) is 0 Å². The van der Waals surface area contributed by atoms with E-state index in [0.29, 0.717) is 0 Å². The molecule has 0 aliphatic carbocycles. The molecular weight excluding hydrogens is 200 g/mol. The van der Waals surface area contributed by atoms with Gasteiger partial charge in [0.05, 0.1) is 6.61 Å². The number of fused-ring (bicyclic) bond motifs is 1. The standard InChI is InChI=1S/C14H18O2/c1-10(11(2)15)8-12-5-6-14-13(9-12)4-3-7-16-14/h5-6,9-10H,3-4,7-8H2,1-2H3. The maximum Gasteiger partial charge on any atom is 0.132 e. The number of rotatable bonds is 3. The zero-order valence-electron chi connectivity index (χ0n) is 9.95. The average molecular weight is 218 g/mol. The fourth-order valence-corrected chi connectivity index (χ4v) is 2.04. The van der Waals surface area contributed by atoms with E-state index in [2.05, 4.69) is 12.1 Å². The Balaban J connectivity index is 2.14. The highest BCUT2D eigenvalue weighted by Crippen LogP contribution is 2.26. The Morgan fingerprint density at radius 1 is 1.50 bits per heavy atom. The van der Waals surface area contributed by atoms with Gasteiger partial charge in [0.15, 0.2) is 0 Å². The fourth-order valence-electron chi connectivity index (χ4n) is 2.04. The lowest BCUT2D eigenvalue weighted by atomic mass is 9.95. The molecule has 2 rings (SSSR count). The molecule has 0 bridgehead atoms. The van der Waals surface area contributed by atoms with Crippen molar-refractivity contribution in [3.05, 3.63) is 29.3 Å². The molecule has 0 amide bonds. The number of hydrogen-bond acceptors (Lipinski definition) is 2. The zero-order chi connectivity index (χ0) is 11.5. The van der Waals surface area contributed by atoms with Crippen molar-refractivity contribution in [1.29, 1.82) is 0 Å². The van der Waals surface area contributed by atoms with E-state index in [4.69, 9.17) is 4.74 Å². The highest BCUT2D eigenvalue weighted by molar-refractivity contribution is 5.78.